The summed E-state index contributed by atoms with van der Waals surface area (Å²) < 4.78 is 4.80. The predicted molar refractivity (Wildman–Crippen MR) is 49.7 cm³/mol. The molecule has 1 rings (SSSR count). The van der Waals surface area contributed by atoms with Gasteiger partial charge in [0.05, 0.1) is 6.61 Å². The third-order valence-electron chi connectivity index (χ3n) is 1.67. The molecule has 0 radical (unpaired) electrons. The fraction of sp³-hybridized carbons (Fsp3) is 0.300. The standard InChI is InChI=1S/C10H12O4/c1-7(12)10(13)14-9-4-2-8(6-11)3-5-9/h2-5,7,11-12H,6H2,1H3. The minimum absolute atomic E-state index is 0.0510. The number of aliphatic hydroxyl groups excluding tert-OH is 2. The topological polar surface area (TPSA) is 66.8 Å². The lowest BCUT2D eigenvalue weighted by atomic mass is 10.2. The van der Waals surface area contributed by atoms with E-state index in [1.165, 1.54) is 6.92 Å². The molecule has 0 saturated carbocycles. The minimum atomic E-state index is -1.13. The summed E-state index contributed by atoms with van der Waals surface area (Å²) in [6.45, 7) is 1.29. The number of aliphatic hydroxyl groups is 2. The van der Waals surface area contributed by atoms with Gasteiger partial charge in [0.15, 0.2) is 0 Å². The molecule has 0 aliphatic rings. The molecule has 1 atom stereocenters. The average Bonchev–Trinajstić information content (AvgIpc) is 2.19. The van der Waals surface area contributed by atoms with Crippen LogP contribution in [0.15, 0.2) is 24.3 Å². The lowest BCUT2D eigenvalue weighted by molar-refractivity contribution is -0.142. The zero-order valence-electron chi connectivity index (χ0n) is 7.80. The Morgan fingerprint density at radius 3 is 2.43 bits per heavy atom. The molecule has 0 saturated heterocycles. The lowest BCUT2D eigenvalue weighted by Gasteiger charge is -2.05. The van der Waals surface area contributed by atoms with Crippen molar-refractivity contribution in [2.45, 2.75) is 19.6 Å². The third kappa shape index (κ3) is 2.83. The van der Waals surface area contributed by atoms with Gasteiger partial charge in [0.1, 0.15) is 11.9 Å². The fourth-order valence-electron chi connectivity index (χ4n) is 0.864. The molecule has 1 aromatic carbocycles. The molecule has 0 heterocycles. The van der Waals surface area contributed by atoms with Gasteiger partial charge < -0.3 is 14.9 Å². The second-order valence-electron chi connectivity index (χ2n) is 2.90. The van der Waals surface area contributed by atoms with Crippen molar-refractivity contribution in [2.24, 2.45) is 0 Å². The van der Waals surface area contributed by atoms with Crippen LogP contribution in [0.1, 0.15) is 12.5 Å². The molecule has 0 amide bonds. The van der Waals surface area contributed by atoms with Gasteiger partial charge in [-0.25, -0.2) is 4.79 Å². The predicted octanol–water partition coefficient (Wildman–Crippen LogP) is 0.465. The third-order valence-corrected chi connectivity index (χ3v) is 1.67. The molecule has 0 bridgehead atoms. The summed E-state index contributed by atoms with van der Waals surface area (Å²) in [6.07, 6.45) is -1.13. The molecule has 0 aromatic heterocycles. The van der Waals surface area contributed by atoms with Gasteiger partial charge in [0, 0.05) is 0 Å². The number of ether oxygens (including phenoxy) is 1. The van der Waals surface area contributed by atoms with Crippen LogP contribution < -0.4 is 4.74 Å². The first-order chi connectivity index (χ1) is 6.63. The molecule has 0 fully saturated rings. The zero-order chi connectivity index (χ0) is 10.6. The summed E-state index contributed by atoms with van der Waals surface area (Å²) >= 11 is 0. The van der Waals surface area contributed by atoms with Crippen molar-refractivity contribution in [3.05, 3.63) is 29.8 Å². The molecule has 1 aromatic rings. The number of rotatable bonds is 3. The molecule has 2 N–H and O–H groups in total. The quantitative estimate of drug-likeness (QED) is 0.544. The monoisotopic (exact) mass is 196 g/mol. The highest BCUT2D eigenvalue weighted by Crippen LogP contribution is 2.12. The van der Waals surface area contributed by atoms with E-state index in [2.05, 4.69) is 0 Å². The number of esters is 1. The Bertz CT molecular complexity index is 302. The molecule has 0 aliphatic heterocycles. The van der Waals surface area contributed by atoms with Crippen molar-refractivity contribution < 1.29 is 19.7 Å². The maximum absolute atomic E-state index is 10.9. The number of hydrogen-bond donors (Lipinski definition) is 2. The highest BCUT2D eigenvalue weighted by Gasteiger charge is 2.10. The Morgan fingerprint density at radius 2 is 2.00 bits per heavy atom. The number of benzene rings is 1. The minimum Gasteiger partial charge on any atom is -0.425 e. The van der Waals surface area contributed by atoms with Gasteiger partial charge in [-0.05, 0) is 24.6 Å². The van der Waals surface area contributed by atoms with Crippen molar-refractivity contribution in [1.82, 2.24) is 0 Å². The number of carbonyl (C=O) groups excluding carboxylic acids is 1. The van der Waals surface area contributed by atoms with E-state index in [1.807, 2.05) is 0 Å². The van der Waals surface area contributed by atoms with E-state index in [9.17, 15) is 4.79 Å². The first-order valence-corrected chi connectivity index (χ1v) is 4.23. The summed E-state index contributed by atoms with van der Waals surface area (Å²) in [5, 5.41) is 17.6. The van der Waals surface area contributed by atoms with Crippen LogP contribution in [0.2, 0.25) is 0 Å². The molecule has 4 heteroatoms. The zero-order valence-corrected chi connectivity index (χ0v) is 7.80. The summed E-state index contributed by atoms with van der Waals surface area (Å²) in [5.41, 5.74) is 0.738. The van der Waals surface area contributed by atoms with Gasteiger partial charge in [-0.2, -0.15) is 0 Å². The highest BCUT2D eigenvalue weighted by molar-refractivity contribution is 5.76. The van der Waals surface area contributed by atoms with Gasteiger partial charge >= 0.3 is 5.97 Å². The van der Waals surface area contributed by atoms with Crippen LogP contribution in [-0.4, -0.2) is 22.3 Å². The van der Waals surface area contributed by atoms with Gasteiger partial charge in [-0.15, -0.1) is 0 Å². The summed E-state index contributed by atoms with van der Waals surface area (Å²) in [5.74, 6) is -0.338. The van der Waals surface area contributed by atoms with E-state index >= 15 is 0 Å². The van der Waals surface area contributed by atoms with Gasteiger partial charge in [0.25, 0.3) is 0 Å². The molecular formula is C10H12O4. The van der Waals surface area contributed by atoms with Crippen LogP contribution in [0.3, 0.4) is 0 Å². The van der Waals surface area contributed by atoms with E-state index in [0.29, 0.717) is 5.75 Å². The Morgan fingerprint density at radius 1 is 1.43 bits per heavy atom. The fourth-order valence-corrected chi connectivity index (χ4v) is 0.864. The normalized spacial score (nSPS) is 12.2. The van der Waals surface area contributed by atoms with Crippen molar-refractivity contribution in [3.63, 3.8) is 0 Å². The molecule has 76 valence electrons. The van der Waals surface area contributed by atoms with Crippen molar-refractivity contribution >= 4 is 5.97 Å². The average molecular weight is 196 g/mol. The number of carbonyl (C=O) groups is 1. The van der Waals surface area contributed by atoms with E-state index in [1.54, 1.807) is 24.3 Å². The van der Waals surface area contributed by atoms with E-state index in [-0.39, 0.29) is 6.61 Å². The largest absolute Gasteiger partial charge is 0.425 e. The van der Waals surface area contributed by atoms with Crippen molar-refractivity contribution in [3.8, 4) is 5.75 Å². The van der Waals surface area contributed by atoms with Gasteiger partial charge in [0.2, 0.25) is 0 Å². The molecule has 0 aliphatic carbocycles. The van der Waals surface area contributed by atoms with E-state index in [4.69, 9.17) is 14.9 Å². The Labute approximate surface area is 81.8 Å². The molecule has 1 unspecified atom stereocenters. The van der Waals surface area contributed by atoms with Crippen LogP contribution in [0.25, 0.3) is 0 Å². The van der Waals surface area contributed by atoms with E-state index in [0.717, 1.165) is 5.56 Å². The molecule has 14 heavy (non-hydrogen) atoms. The molecule has 0 spiro atoms. The first-order valence-electron chi connectivity index (χ1n) is 4.23. The maximum Gasteiger partial charge on any atom is 0.340 e. The van der Waals surface area contributed by atoms with Gasteiger partial charge in [-0.3, -0.25) is 0 Å². The maximum atomic E-state index is 10.9. The summed E-state index contributed by atoms with van der Waals surface area (Å²) in [7, 11) is 0. The Hall–Kier alpha value is -1.39. The van der Waals surface area contributed by atoms with Crippen LogP contribution in [0.5, 0.6) is 5.75 Å². The highest BCUT2D eigenvalue weighted by atomic mass is 16.5. The smallest absolute Gasteiger partial charge is 0.340 e. The Kier molecular flexibility index (Phi) is 3.62. The van der Waals surface area contributed by atoms with Crippen LogP contribution in [-0.2, 0) is 11.4 Å². The van der Waals surface area contributed by atoms with Crippen molar-refractivity contribution in [2.75, 3.05) is 0 Å². The second kappa shape index (κ2) is 4.74. The van der Waals surface area contributed by atoms with E-state index < -0.39 is 12.1 Å². The van der Waals surface area contributed by atoms with Crippen LogP contribution in [0, 0.1) is 0 Å². The second-order valence-corrected chi connectivity index (χ2v) is 2.90. The SMILES string of the molecule is CC(O)C(=O)Oc1ccc(CO)cc1. The molecule has 4 nitrogen and oxygen atoms in total. The molecular weight excluding hydrogens is 184 g/mol. The summed E-state index contributed by atoms with van der Waals surface area (Å²) in [4.78, 5) is 10.9. The number of hydrogen-bond acceptors (Lipinski definition) is 4. The summed E-state index contributed by atoms with van der Waals surface area (Å²) in [6, 6.07) is 6.41. The van der Waals surface area contributed by atoms with Crippen molar-refractivity contribution in [1.29, 1.82) is 0 Å². The lowest BCUT2D eigenvalue weighted by Crippen LogP contribution is -2.22. The van der Waals surface area contributed by atoms with Gasteiger partial charge in [-0.1, -0.05) is 12.1 Å². The van der Waals surface area contributed by atoms with Crippen LogP contribution in [0.4, 0.5) is 0 Å². The van der Waals surface area contributed by atoms with Crippen LogP contribution >= 0.6 is 0 Å². The Balaban J connectivity index is 2.64. The first kappa shape index (κ1) is 10.7.